The summed E-state index contributed by atoms with van der Waals surface area (Å²) >= 11 is 7.02. The number of benzene rings is 1. The SMILES string of the molecule is Brc1ccc(-c2ccc(CNCc3ccncc3)o2)c(Br)c1. The van der Waals surface area contributed by atoms with Gasteiger partial charge in [0.25, 0.3) is 0 Å². The molecule has 1 aromatic carbocycles. The molecule has 3 aromatic rings. The molecule has 0 fully saturated rings. The van der Waals surface area contributed by atoms with Crippen LogP contribution in [0.25, 0.3) is 11.3 Å². The smallest absolute Gasteiger partial charge is 0.135 e. The van der Waals surface area contributed by atoms with Gasteiger partial charge in [0.2, 0.25) is 0 Å². The van der Waals surface area contributed by atoms with Crippen LogP contribution in [-0.4, -0.2) is 4.98 Å². The van der Waals surface area contributed by atoms with Gasteiger partial charge in [0, 0.05) is 33.4 Å². The predicted molar refractivity (Wildman–Crippen MR) is 94.3 cm³/mol. The van der Waals surface area contributed by atoms with Gasteiger partial charge in [-0.2, -0.15) is 0 Å². The summed E-state index contributed by atoms with van der Waals surface area (Å²) in [7, 11) is 0. The van der Waals surface area contributed by atoms with Crippen molar-refractivity contribution in [1.82, 2.24) is 10.3 Å². The van der Waals surface area contributed by atoms with Gasteiger partial charge in [0.05, 0.1) is 6.54 Å². The summed E-state index contributed by atoms with van der Waals surface area (Å²) in [4.78, 5) is 4.01. The predicted octanol–water partition coefficient (Wildman–Crippen LogP) is 5.16. The standard InChI is InChI=1S/C17H14Br2N2O/c18-13-1-3-15(16(19)9-13)17-4-2-14(22-17)11-21-10-12-5-7-20-8-6-12/h1-9,21H,10-11H2. The van der Waals surface area contributed by atoms with Gasteiger partial charge in [-0.15, -0.1) is 0 Å². The topological polar surface area (TPSA) is 38.1 Å². The number of nitrogens with one attached hydrogen (secondary N) is 1. The summed E-state index contributed by atoms with van der Waals surface area (Å²) in [5.74, 6) is 1.78. The van der Waals surface area contributed by atoms with Crippen LogP contribution < -0.4 is 5.32 Å². The first-order chi connectivity index (χ1) is 10.7. The van der Waals surface area contributed by atoms with Crippen LogP contribution in [0, 0.1) is 0 Å². The van der Waals surface area contributed by atoms with Gasteiger partial charge in [0.15, 0.2) is 0 Å². The first-order valence-corrected chi connectivity index (χ1v) is 8.45. The normalized spacial score (nSPS) is 10.8. The molecule has 0 aliphatic carbocycles. The van der Waals surface area contributed by atoms with Crippen molar-refractivity contribution in [2.45, 2.75) is 13.1 Å². The summed E-state index contributed by atoms with van der Waals surface area (Å²) < 4.78 is 7.95. The van der Waals surface area contributed by atoms with Gasteiger partial charge >= 0.3 is 0 Å². The second-order valence-electron chi connectivity index (χ2n) is 4.85. The molecular weight excluding hydrogens is 408 g/mol. The molecule has 2 heterocycles. The van der Waals surface area contributed by atoms with Crippen molar-refractivity contribution in [3.8, 4) is 11.3 Å². The quantitative estimate of drug-likeness (QED) is 0.618. The van der Waals surface area contributed by atoms with Crippen LogP contribution in [0.1, 0.15) is 11.3 Å². The van der Waals surface area contributed by atoms with Crippen LogP contribution in [0.3, 0.4) is 0 Å². The molecule has 22 heavy (non-hydrogen) atoms. The number of furan rings is 1. The molecule has 5 heteroatoms. The first kappa shape index (κ1) is 15.5. The third kappa shape index (κ3) is 3.85. The second kappa shape index (κ2) is 7.22. The minimum Gasteiger partial charge on any atom is -0.460 e. The highest BCUT2D eigenvalue weighted by Gasteiger charge is 2.08. The monoisotopic (exact) mass is 420 g/mol. The molecule has 0 spiro atoms. The fourth-order valence-corrected chi connectivity index (χ4v) is 3.38. The highest BCUT2D eigenvalue weighted by Crippen LogP contribution is 2.31. The maximum Gasteiger partial charge on any atom is 0.135 e. The van der Waals surface area contributed by atoms with E-state index in [2.05, 4.69) is 42.2 Å². The fraction of sp³-hybridized carbons (Fsp3) is 0.118. The summed E-state index contributed by atoms with van der Waals surface area (Å²) in [6.45, 7) is 1.48. The van der Waals surface area contributed by atoms with Crippen LogP contribution in [0.15, 0.2) is 68.2 Å². The Morgan fingerprint density at radius 2 is 1.77 bits per heavy atom. The number of pyridine rings is 1. The minimum absolute atomic E-state index is 0.691. The zero-order valence-corrected chi connectivity index (χ0v) is 14.9. The maximum absolute atomic E-state index is 5.91. The lowest BCUT2D eigenvalue weighted by atomic mass is 10.2. The van der Waals surface area contributed by atoms with Gasteiger partial charge in [0.1, 0.15) is 11.5 Å². The molecule has 0 aliphatic rings. The van der Waals surface area contributed by atoms with Crippen molar-refractivity contribution < 1.29 is 4.42 Å². The average Bonchev–Trinajstić information content (AvgIpc) is 2.97. The van der Waals surface area contributed by atoms with Crippen LogP contribution in [0.2, 0.25) is 0 Å². The van der Waals surface area contributed by atoms with Crippen molar-refractivity contribution in [3.05, 3.63) is 75.1 Å². The van der Waals surface area contributed by atoms with E-state index >= 15 is 0 Å². The molecule has 0 bridgehead atoms. The van der Waals surface area contributed by atoms with Gasteiger partial charge in [-0.25, -0.2) is 0 Å². The summed E-state index contributed by atoms with van der Waals surface area (Å²) in [6, 6.07) is 14.0. The lowest BCUT2D eigenvalue weighted by Gasteiger charge is -2.03. The molecule has 1 N–H and O–H groups in total. The number of hydrogen-bond donors (Lipinski definition) is 1. The molecule has 112 valence electrons. The molecule has 3 rings (SSSR count). The fourth-order valence-electron chi connectivity index (χ4n) is 2.14. The zero-order valence-electron chi connectivity index (χ0n) is 11.7. The van der Waals surface area contributed by atoms with Gasteiger partial charge in [-0.05, 0) is 64.0 Å². The Morgan fingerprint density at radius 1 is 0.955 bits per heavy atom. The van der Waals surface area contributed by atoms with Crippen molar-refractivity contribution in [2.24, 2.45) is 0 Å². The Balaban J connectivity index is 1.64. The van der Waals surface area contributed by atoms with Crippen molar-refractivity contribution >= 4 is 31.9 Å². The van der Waals surface area contributed by atoms with E-state index < -0.39 is 0 Å². The van der Waals surface area contributed by atoms with Gasteiger partial charge in [-0.1, -0.05) is 15.9 Å². The molecule has 2 aromatic heterocycles. The Morgan fingerprint density at radius 3 is 2.55 bits per heavy atom. The lowest BCUT2D eigenvalue weighted by molar-refractivity contribution is 0.493. The molecule has 0 atom stereocenters. The highest BCUT2D eigenvalue weighted by molar-refractivity contribution is 9.11. The summed E-state index contributed by atoms with van der Waals surface area (Å²) in [6.07, 6.45) is 3.60. The molecule has 0 saturated heterocycles. The largest absolute Gasteiger partial charge is 0.460 e. The Kier molecular flexibility index (Phi) is 5.08. The molecule has 3 nitrogen and oxygen atoms in total. The Bertz CT molecular complexity index is 756. The summed E-state index contributed by atoms with van der Waals surface area (Å²) in [5.41, 5.74) is 2.25. The van der Waals surface area contributed by atoms with Crippen LogP contribution >= 0.6 is 31.9 Å². The van der Waals surface area contributed by atoms with Crippen molar-refractivity contribution in [2.75, 3.05) is 0 Å². The van der Waals surface area contributed by atoms with Gasteiger partial charge in [-0.3, -0.25) is 4.98 Å². The summed E-state index contributed by atoms with van der Waals surface area (Å²) in [5, 5.41) is 3.37. The maximum atomic E-state index is 5.91. The lowest BCUT2D eigenvalue weighted by Crippen LogP contribution is -2.11. The Labute approximate surface area is 146 Å². The van der Waals surface area contributed by atoms with Crippen LogP contribution in [0.5, 0.6) is 0 Å². The van der Waals surface area contributed by atoms with E-state index in [-0.39, 0.29) is 0 Å². The number of hydrogen-bond acceptors (Lipinski definition) is 3. The average molecular weight is 422 g/mol. The third-order valence-electron chi connectivity index (χ3n) is 3.24. The minimum atomic E-state index is 0.691. The number of rotatable bonds is 5. The number of halogens is 2. The number of aromatic nitrogens is 1. The highest BCUT2D eigenvalue weighted by atomic mass is 79.9. The van der Waals surface area contributed by atoms with E-state index in [4.69, 9.17) is 4.42 Å². The molecule has 0 saturated carbocycles. The number of nitrogens with zero attached hydrogens (tertiary/aromatic N) is 1. The third-order valence-corrected chi connectivity index (χ3v) is 4.39. The van der Waals surface area contributed by atoms with E-state index in [0.717, 1.165) is 32.6 Å². The van der Waals surface area contributed by atoms with E-state index in [1.807, 2.05) is 42.5 Å². The van der Waals surface area contributed by atoms with Crippen LogP contribution in [-0.2, 0) is 13.1 Å². The van der Waals surface area contributed by atoms with E-state index in [0.29, 0.717) is 6.54 Å². The van der Waals surface area contributed by atoms with E-state index in [9.17, 15) is 0 Å². The second-order valence-corrected chi connectivity index (χ2v) is 6.62. The van der Waals surface area contributed by atoms with Crippen molar-refractivity contribution in [3.63, 3.8) is 0 Å². The first-order valence-electron chi connectivity index (χ1n) is 6.86. The molecular formula is C17H14Br2N2O. The molecule has 0 radical (unpaired) electrons. The molecule has 0 unspecified atom stereocenters. The van der Waals surface area contributed by atoms with E-state index in [1.54, 1.807) is 12.4 Å². The molecule has 0 aliphatic heterocycles. The van der Waals surface area contributed by atoms with Crippen LogP contribution in [0.4, 0.5) is 0 Å². The molecule has 0 amide bonds. The van der Waals surface area contributed by atoms with Crippen molar-refractivity contribution in [1.29, 1.82) is 0 Å². The Hall–Kier alpha value is -1.43. The van der Waals surface area contributed by atoms with Gasteiger partial charge < -0.3 is 9.73 Å². The zero-order chi connectivity index (χ0) is 15.4. The van der Waals surface area contributed by atoms with E-state index in [1.165, 1.54) is 5.56 Å².